The number of hydrogen-bond acceptors (Lipinski definition) is 2. The van der Waals surface area contributed by atoms with Crippen molar-refractivity contribution in [3.63, 3.8) is 0 Å². The molecule has 2 heteroatoms. The minimum Gasteiger partial charge on any atom is -0.460 e. The molecule has 1 heterocycles. The Kier molecular flexibility index (Phi) is 1.79. The Morgan fingerprint density at radius 3 is 3.00 bits per heavy atom. The molecule has 0 radical (unpaired) electrons. The number of aryl methyl sites for hydroxylation is 1. The van der Waals surface area contributed by atoms with Gasteiger partial charge in [-0.2, -0.15) is 5.26 Å². The van der Waals surface area contributed by atoms with E-state index in [1.165, 1.54) is 5.56 Å². The molecule has 0 N–H and O–H groups in total. The molecule has 64 valence electrons. The number of fused-ring (bicyclic) bond motifs is 1. The van der Waals surface area contributed by atoms with Crippen molar-refractivity contribution >= 4 is 11.0 Å². The van der Waals surface area contributed by atoms with Crippen LogP contribution in [0.5, 0.6) is 0 Å². The fourth-order valence-corrected chi connectivity index (χ4v) is 1.38. The van der Waals surface area contributed by atoms with E-state index in [1.54, 1.807) is 0 Å². The number of nitrogens with zero attached hydrogens (tertiary/aromatic N) is 1. The Labute approximate surface area is 76.4 Å². The third kappa shape index (κ3) is 1.41. The summed E-state index contributed by atoms with van der Waals surface area (Å²) >= 11 is 0. The molecule has 0 amide bonds. The van der Waals surface area contributed by atoms with Crippen LogP contribution < -0.4 is 0 Å². The third-order valence-corrected chi connectivity index (χ3v) is 1.98. The van der Waals surface area contributed by atoms with E-state index in [1.807, 2.05) is 25.1 Å². The summed E-state index contributed by atoms with van der Waals surface area (Å²) in [6.45, 7) is 2.04. The molecule has 0 aliphatic carbocycles. The lowest BCUT2D eigenvalue weighted by molar-refractivity contribution is 0.567. The predicted molar refractivity (Wildman–Crippen MR) is 50.3 cm³/mol. The second-order valence-electron chi connectivity index (χ2n) is 3.09. The van der Waals surface area contributed by atoms with E-state index in [9.17, 15) is 0 Å². The summed E-state index contributed by atoms with van der Waals surface area (Å²) in [4.78, 5) is 0. The molecule has 0 aliphatic heterocycles. The van der Waals surface area contributed by atoms with Crippen LogP contribution in [0.1, 0.15) is 11.3 Å². The Bertz CT molecular complexity index is 476. The number of hydrogen-bond donors (Lipinski definition) is 0. The summed E-state index contributed by atoms with van der Waals surface area (Å²) in [5.41, 5.74) is 2.06. The van der Waals surface area contributed by atoms with E-state index in [0.29, 0.717) is 6.42 Å². The van der Waals surface area contributed by atoms with Gasteiger partial charge in [-0.25, -0.2) is 0 Å². The van der Waals surface area contributed by atoms with Crippen LogP contribution >= 0.6 is 0 Å². The first-order valence-electron chi connectivity index (χ1n) is 4.15. The number of furan rings is 1. The molecule has 2 nitrogen and oxygen atoms in total. The average molecular weight is 171 g/mol. The molecule has 0 saturated heterocycles. The maximum atomic E-state index is 8.49. The fourth-order valence-electron chi connectivity index (χ4n) is 1.38. The van der Waals surface area contributed by atoms with Crippen LogP contribution in [-0.2, 0) is 6.42 Å². The van der Waals surface area contributed by atoms with Crippen LogP contribution in [0.4, 0.5) is 0 Å². The van der Waals surface area contributed by atoms with E-state index in [4.69, 9.17) is 9.68 Å². The number of benzene rings is 1. The van der Waals surface area contributed by atoms with Crippen molar-refractivity contribution in [2.24, 2.45) is 0 Å². The van der Waals surface area contributed by atoms with Gasteiger partial charge in [-0.3, -0.25) is 0 Å². The van der Waals surface area contributed by atoms with Crippen molar-refractivity contribution in [3.05, 3.63) is 35.6 Å². The Hall–Kier alpha value is -1.75. The van der Waals surface area contributed by atoms with E-state index >= 15 is 0 Å². The molecular formula is C11H9NO. The first-order valence-corrected chi connectivity index (χ1v) is 4.15. The highest BCUT2D eigenvalue weighted by Crippen LogP contribution is 2.20. The van der Waals surface area contributed by atoms with E-state index in [0.717, 1.165) is 16.7 Å². The molecule has 0 bridgehead atoms. The number of rotatable bonds is 1. The summed E-state index contributed by atoms with van der Waals surface area (Å²) in [6, 6.07) is 9.98. The van der Waals surface area contributed by atoms with E-state index in [2.05, 4.69) is 12.1 Å². The molecule has 1 aromatic carbocycles. The summed E-state index contributed by atoms with van der Waals surface area (Å²) in [7, 11) is 0. The standard InChI is InChI=1S/C11H9NO/c1-8-2-3-11-9(6-8)7-10(13-11)4-5-12/h2-3,6-7H,4H2,1H3. The molecule has 13 heavy (non-hydrogen) atoms. The van der Waals surface area contributed by atoms with Gasteiger partial charge in [0.25, 0.3) is 0 Å². The first kappa shape index (κ1) is 7.88. The Morgan fingerprint density at radius 2 is 2.23 bits per heavy atom. The maximum Gasteiger partial charge on any atom is 0.134 e. The van der Waals surface area contributed by atoms with Crippen molar-refractivity contribution in [1.82, 2.24) is 0 Å². The Morgan fingerprint density at radius 1 is 1.38 bits per heavy atom. The van der Waals surface area contributed by atoms with Gasteiger partial charge in [0.15, 0.2) is 0 Å². The molecular weight excluding hydrogens is 162 g/mol. The molecule has 2 aromatic rings. The second kappa shape index (κ2) is 2.95. The van der Waals surface area contributed by atoms with Gasteiger partial charge in [0.2, 0.25) is 0 Å². The zero-order valence-electron chi connectivity index (χ0n) is 7.37. The average Bonchev–Trinajstić information content (AvgIpc) is 2.46. The quantitative estimate of drug-likeness (QED) is 0.661. The minimum atomic E-state index is 0.341. The smallest absolute Gasteiger partial charge is 0.134 e. The highest BCUT2D eigenvalue weighted by molar-refractivity contribution is 5.78. The van der Waals surface area contributed by atoms with Crippen molar-refractivity contribution < 1.29 is 4.42 Å². The predicted octanol–water partition coefficient (Wildman–Crippen LogP) is 2.81. The summed E-state index contributed by atoms with van der Waals surface area (Å²) in [6.07, 6.45) is 0.341. The summed E-state index contributed by atoms with van der Waals surface area (Å²) in [5.74, 6) is 0.739. The number of nitriles is 1. The van der Waals surface area contributed by atoms with Gasteiger partial charge in [0, 0.05) is 5.39 Å². The van der Waals surface area contributed by atoms with E-state index in [-0.39, 0.29) is 0 Å². The van der Waals surface area contributed by atoms with Crippen molar-refractivity contribution in [3.8, 4) is 6.07 Å². The van der Waals surface area contributed by atoms with Crippen LogP contribution in [0.25, 0.3) is 11.0 Å². The molecule has 0 fully saturated rings. The molecule has 0 spiro atoms. The van der Waals surface area contributed by atoms with E-state index < -0.39 is 0 Å². The van der Waals surface area contributed by atoms with Gasteiger partial charge in [-0.15, -0.1) is 0 Å². The maximum absolute atomic E-state index is 8.49. The van der Waals surface area contributed by atoms with Gasteiger partial charge in [-0.1, -0.05) is 11.6 Å². The summed E-state index contributed by atoms with van der Waals surface area (Å²) < 4.78 is 5.44. The van der Waals surface area contributed by atoms with Crippen LogP contribution in [0.2, 0.25) is 0 Å². The SMILES string of the molecule is Cc1ccc2oc(CC#N)cc2c1. The lowest BCUT2D eigenvalue weighted by Gasteiger charge is -1.89. The van der Waals surface area contributed by atoms with Crippen LogP contribution in [0.3, 0.4) is 0 Å². The van der Waals surface area contributed by atoms with Crippen LogP contribution in [-0.4, -0.2) is 0 Å². The monoisotopic (exact) mass is 171 g/mol. The highest BCUT2D eigenvalue weighted by atomic mass is 16.3. The van der Waals surface area contributed by atoms with Crippen LogP contribution in [0, 0.1) is 18.3 Å². The van der Waals surface area contributed by atoms with Crippen molar-refractivity contribution in [1.29, 1.82) is 5.26 Å². The third-order valence-electron chi connectivity index (χ3n) is 1.98. The zero-order chi connectivity index (χ0) is 9.26. The van der Waals surface area contributed by atoms with Gasteiger partial charge in [0.1, 0.15) is 11.3 Å². The normalized spacial score (nSPS) is 10.2. The van der Waals surface area contributed by atoms with Gasteiger partial charge >= 0.3 is 0 Å². The molecule has 2 rings (SSSR count). The largest absolute Gasteiger partial charge is 0.460 e. The topological polar surface area (TPSA) is 36.9 Å². The lowest BCUT2D eigenvalue weighted by atomic mass is 10.2. The minimum absolute atomic E-state index is 0.341. The molecule has 0 atom stereocenters. The highest BCUT2D eigenvalue weighted by Gasteiger charge is 2.02. The van der Waals surface area contributed by atoms with Gasteiger partial charge < -0.3 is 4.42 Å². The van der Waals surface area contributed by atoms with Crippen molar-refractivity contribution in [2.45, 2.75) is 13.3 Å². The van der Waals surface area contributed by atoms with Crippen molar-refractivity contribution in [2.75, 3.05) is 0 Å². The molecule has 0 saturated carbocycles. The lowest BCUT2D eigenvalue weighted by Crippen LogP contribution is -1.71. The first-order chi connectivity index (χ1) is 6.29. The Balaban J connectivity index is 2.57. The van der Waals surface area contributed by atoms with Gasteiger partial charge in [-0.05, 0) is 25.1 Å². The zero-order valence-corrected chi connectivity index (χ0v) is 7.37. The fraction of sp³-hybridized carbons (Fsp3) is 0.182. The molecule has 0 aliphatic rings. The molecule has 0 unspecified atom stereocenters. The molecule has 1 aromatic heterocycles. The summed E-state index contributed by atoms with van der Waals surface area (Å²) in [5, 5.41) is 9.56. The van der Waals surface area contributed by atoms with Crippen LogP contribution in [0.15, 0.2) is 28.7 Å². The van der Waals surface area contributed by atoms with Gasteiger partial charge in [0.05, 0.1) is 12.5 Å². The second-order valence-corrected chi connectivity index (χ2v) is 3.09.